The van der Waals surface area contributed by atoms with Crippen LogP contribution in [0.5, 0.6) is 0 Å². The maximum absolute atomic E-state index is 13.3. The first kappa shape index (κ1) is 25.3. The Hall–Kier alpha value is -3.33. The van der Waals surface area contributed by atoms with Crippen LogP contribution in [0.1, 0.15) is 35.2 Å². The van der Waals surface area contributed by atoms with Crippen molar-refractivity contribution in [1.82, 2.24) is 5.32 Å². The maximum Gasteiger partial charge on any atom is 0.416 e. The Labute approximate surface area is 197 Å². The summed E-state index contributed by atoms with van der Waals surface area (Å²) in [6, 6.07) is 16.4. The Morgan fingerprint density at radius 1 is 0.941 bits per heavy atom. The number of alkyl halides is 3. The number of anilines is 1. The molecule has 0 bridgehead atoms. The number of nitrogens with one attached hydrogen (secondary N) is 1. The fourth-order valence-corrected chi connectivity index (χ4v) is 4.84. The topological polar surface area (TPSA) is 66.5 Å². The molecule has 0 spiro atoms. The van der Waals surface area contributed by atoms with Crippen LogP contribution in [0.15, 0.2) is 77.7 Å². The summed E-state index contributed by atoms with van der Waals surface area (Å²) in [6.07, 6.45) is -4.67. The van der Waals surface area contributed by atoms with Crippen LogP contribution in [0.3, 0.4) is 0 Å². The highest BCUT2D eigenvalue weighted by Crippen LogP contribution is 2.33. The number of hydrogen-bond donors (Lipinski definition) is 1. The Morgan fingerprint density at radius 2 is 1.62 bits per heavy atom. The van der Waals surface area contributed by atoms with Gasteiger partial charge in [0.25, 0.3) is 10.0 Å². The lowest BCUT2D eigenvalue weighted by molar-refractivity contribution is -0.137. The average Bonchev–Trinajstić information content (AvgIpc) is 2.79. The van der Waals surface area contributed by atoms with Crippen molar-refractivity contribution in [3.05, 3.63) is 95.1 Å². The van der Waals surface area contributed by atoms with E-state index in [1.54, 1.807) is 13.0 Å². The highest BCUT2D eigenvalue weighted by Gasteiger charge is 2.33. The maximum atomic E-state index is 13.3. The number of sulfonamides is 1. The highest BCUT2D eigenvalue weighted by molar-refractivity contribution is 7.92. The van der Waals surface area contributed by atoms with E-state index < -0.39 is 40.3 Å². The van der Waals surface area contributed by atoms with Gasteiger partial charge in [0, 0.05) is 0 Å². The largest absolute Gasteiger partial charge is 0.416 e. The van der Waals surface area contributed by atoms with Crippen LogP contribution in [-0.4, -0.2) is 20.9 Å². The second-order valence-electron chi connectivity index (χ2n) is 8.01. The predicted molar refractivity (Wildman–Crippen MR) is 125 cm³/mol. The molecule has 0 heterocycles. The van der Waals surface area contributed by atoms with Crippen molar-refractivity contribution < 1.29 is 26.4 Å². The molecule has 0 aliphatic heterocycles. The average molecular weight is 491 g/mol. The van der Waals surface area contributed by atoms with E-state index in [1.165, 1.54) is 30.3 Å². The van der Waals surface area contributed by atoms with Gasteiger partial charge in [-0.25, -0.2) is 8.42 Å². The van der Waals surface area contributed by atoms with Crippen molar-refractivity contribution >= 4 is 21.6 Å². The van der Waals surface area contributed by atoms with Crippen molar-refractivity contribution in [2.75, 3.05) is 10.8 Å². The van der Waals surface area contributed by atoms with E-state index in [1.807, 2.05) is 32.0 Å². The number of benzene rings is 3. The standard InChI is InChI=1S/C25H25F3N2O3S/c1-17-12-13-20(14-18(17)2)19(3)29-24(31)16-30(34(32,33)23-10-5-4-6-11-23)22-9-7-8-21(15-22)25(26,27)28/h4-15,19H,16H2,1-3H3,(H,29,31). The van der Waals surface area contributed by atoms with Crippen molar-refractivity contribution in [2.24, 2.45) is 0 Å². The Balaban J connectivity index is 1.94. The number of amides is 1. The number of carbonyl (C=O) groups is 1. The molecular formula is C25H25F3N2O3S. The number of nitrogens with zero attached hydrogens (tertiary/aromatic N) is 1. The zero-order valence-electron chi connectivity index (χ0n) is 18.9. The van der Waals surface area contributed by atoms with Crippen LogP contribution < -0.4 is 9.62 Å². The van der Waals surface area contributed by atoms with Crippen LogP contribution in [-0.2, 0) is 21.0 Å². The molecule has 1 atom stereocenters. The molecule has 0 aromatic heterocycles. The number of halogens is 3. The third-order valence-electron chi connectivity index (χ3n) is 5.49. The SMILES string of the molecule is Cc1ccc(C(C)NC(=O)CN(c2cccc(C(F)(F)F)c2)S(=O)(=O)c2ccccc2)cc1C. The summed E-state index contributed by atoms with van der Waals surface area (Å²) in [4.78, 5) is 12.7. The molecule has 5 nitrogen and oxygen atoms in total. The summed E-state index contributed by atoms with van der Waals surface area (Å²) in [5, 5.41) is 2.74. The monoisotopic (exact) mass is 490 g/mol. The molecule has 0 saturated carbocycles. The molecule has 0 fully saturated rings. The lowest BCUT2D eigenvalue weighted by Crippen LogP contribution is -2.41. The Bertz CT molecular complexity index is 1280. The van der Waals surface area contributed by atoms with Crippen LogP contribution in [0.4, 0.5) is 18.9 Å². The Kier molecular flexibility index (Phi) is 7.35. The Morgan fingerprint density at radius 3 is 2.24 bits per heavy atom. The van der Waals surface area contributed by atoms with Gasteiger partial charge in [0.15, 0.2) is 0 Å². The van der Waals surface area contributed by atoms with Gasteiger partial charge in [-0.3, -0.25) is 9.10 Å². The summed E-state index contributed by atoms with van der Waals surface area (Å²) >= 11 is 0. The first-order chi connectivity index (χ1) is 15.9. The van der Waals surface area contributed by atoms with Gasteiger partial charge in [0.2, 0.25) is 5.91 Å². The van der Waals surface area contributed by atoms with E-state index in [-0.39, 0.29) is 10.6 Å². The fraction of sp³-hybridized carbons (Fsp3) is 0.240. The molecule has 34 heavy (non-hydrogen) atoms. The molecule has 0 radical (unpaired) electrons. The van der Waals surface area contributed by atoms with E-state index in [0.29, 0.717) is 4.31 Å². The number of hydrogen-bond acceptors (Lipinski definition) is 3. The van der Waals surface area contributed by atoms with E-state index in [9.17, 15) is 26.4 Å². The second-order valence-corrected chi connectivity index (χ2v) is 9.87. The molecule has 180 valence electrons. The highest BCUT2D eigenvalue weighted by atomic mass is 32.2. The minimum absolute atomic E-state index is 0.137. The van der Waals surface area contributed by atoms with Gasteiger partial charge in [-0.15, -0.1) is 0 Å². The van der Waals surface area contributed by atoms with Crippen LogP contribution in [0.2, 0.25) is 0 Å². The quantitative estimate of drug-likeness (QED) is 0.483. The number of rotatable bonds is 7. The third-order valence-corrected chi connectivity index (χ3v) is 7.28. The molecule has 0 aliphatic rings. The molecule has 0 aliphatic carbocycles. The normalized spacial score (nSPS) is 12.8. The molecule has 1 amide bonds. The molecule has 1 unspecified atom stereocenters. The van der Waals surface area contributed by atoms with Gasteiger partial charge in [-0.05, 0) is 67.8 Å². The van der Waals surface area contributed by atoms with Crippen LogP contribution in [0.25, 0.3) is 0 Å². The van der Waals surface area contributed by atoms with Crippen molar-refractivity contribution in [1.29, 1.82) is 0 Å². The lowest BCUT2D eigenvalue weighted by Gasteiger charge is -2.26. The lowest BCUT2D eigenvalue weighted by atomic mass is 10.0. The summed E-state index contributed by atoms with van der Waals surface area (Å²) in [7, 11) is -4.32. The van der Waals surface area contributed by atoms with Gasteiger partial charge >= 0.3 is 6.18 Å². The van der Waals surface area contributed by atoms with E-state index in [4.69, 9.17) is 0 Å². The number of carbonyl (C=O) groups excluding carboxylic acids is 1. The summed E-state index contributed by atoms with van der Waals surface area (Å²) < 4.78 is 67.2. The fourth-order valence-electron chi connectivity index (χ4n) is 3.41. The van der Waals surface area contributed by atoms with Crippen LogP contribution in [0, 0.1) is 13.8 Å². The summed E-state index contributed by atoms with van der Waals surface area (Å²) in [5.41, 5.74) is 1.69. The van der Waals surface area contributed by atoms with Crippen LogP contribution >= 0.6 is 0 Å². The number of aryl methyl sites for hydroxylation is 2. The molecule has 3 aromatic rings. The van der Waals surface area contributed by atoms with E-state index in [0.717, 1.165) is 34.9 Å². The zero-order valence-corrected chi connectivity index (χ0v) is 19.7. The smallest absolute Gasteiger partial charge is 0.348 e. The summed E-state index contributed by atoms with van der Waals surface area (Å²) in [5.74, 6) is -0.650. The van der Waals surface area contributed by atoms with Gasteiger partial charge in [0.1, 0.15) is 6.54 Å². The molecule has 9 heteroatoms. The summed E-state index contributed by atoms with van der Waals surface area (Å²) in [6.45, 7) is 4.97. The molecular weight excluding hydrogens is 465 g/mol. The first-order valence-corrected chi connectivity index (χ1v) is 11.9. The van der Waals surface area contributed by atoms with Crippen molar-refractivity contribution in [3.63, 3.8) is 0 Å². The minimum atomic E-state index is -4.67. The van der Waals surface area contributed by atoms with E-state index in [2.05, 4.69) is 5.32 Å². The zero-order chi connectivity index (χ0) is 25.1. The molecule has 3 rings (SSSR count). The molecule has 1 N–H and O–H groups in total. The van der Waals surface area contributed by atoms with Crippen molar-refractivity contribution in [2.45, 2.75) is 37.9 Å². The molecule has 0 saturated heterocycles. The van der Waals surface area contributed by atoms with Crippen molar-refractivity contribution in [3.8, 4) is 0 Å². The minimum Gasteiger partial charge on any atom is -0.348 e. The predicted octanol–water partition coefficient (Wildman–Crippen LogP) is 5.39. The molecule has 3 aromatic carbocycles. The van der Waals surface area contributed by atoms with Gasteiger partial charge in [0.05, 0.1) is 22.2 Å². The third kappa shape index (κ3) is 5.77. The first-order valence-electron chi connectivity index (χ1n) is 10.5. The second kappa shape index (κ2) is 9.89. The van der Waals surface area contributed by atoms with Gasteiger partial charge < -0.3 is 5.32 Å². The van der Waals surface area contributed by atoms with E-state index >= 15 is 0 Å². The van der Waals surface area contributed by atoms with Gasteiger partial charge in [-0.1, -0.05) is 42.5 Å². The van der Waals surface area contributed by atoms with Gasteiger partial charge in [-0.2, -0.15) is 13.2 Å².